The van der Waals surface area contributed by atoms with Crippen LogP contribution in [0.25, 0.3) is 0 Å². The smallest absolute Gasteiger partial charge is 0.245 e. The van der Waals surface area contributed by atoms with E-state index in [0.29, 0.717) is 39.0 Å². The van der Waals surface area contributed by atoms with Crippen molar-refractivity contribution in [1.82, 2.24) is 26.6 Å². The molecular weight excluding hydrogens is 482 g/mol. The van der Waals surface area contributed by atoms with Crippen LogP contribution >= 0.6 is 0 Å². The topological polar surface area (TPSA) is 104 Å². The molecule has 0 aliphatic carbocycles. The zero-order valence-electron chi connectivity index (χ0n) is 22.7. The average molecular weight is 524 g/mol. The van der Waals surface area contributed by atoms with E-state index < -0.39 is 11.6 Å². The molecule has 2 atom stereocenters. The van der Waals surface area contributed by atoms with Crippen LogP contribution in [0.3, 0.4) is 0 Å². The number of hydrogen-bond donors (Lipinski definition) is 4. The van der Waals surface area contributed by atoms with Gasteiger partial charge in [-0.3, -0.25) is 9.59 Å². The zero-order chi connectivity index (χ0) is 27.0. The lowest BCUT2D eigenvalue weighted by molar-refractivity contribution is -0.175. The quantitative estimate of drug-likeness (QED) is 0.299. The summed E-state index contributed by atoms with van der Waals surface area (Å²) in [5, 5.41) is 3.03. The number of likely N-dealkylation sites (tertiary alicyclic amines) is 1. The van der Waals surface area contributed by atoms with Gasteiger partial charge in [-0.2, -0.15) is 5.53 Å². The van der Waals surface area contributed by atoms with E-state index in [1.807, 2.05) is 41.3 Å². The zero-order valence-corrected chi connectivity index (χ0v) is 22.7. The Hall–Kier alpha value is -2.98. The second-order valence-corrected chi connectivity index (χ2v) is 10.3. The Morgan fingerprint density at radius 2 is 1.92 bits per heavy atom. The maximum absolute atomic E-state index is 13.8. The van der Waals surface area contributed by atoms with Crippen molar-refractivity contribution < 1.29 is 19.1 Å². The van der Waals surface area contributed by atoms with E-state index in [-0.39, 0.29) is 17.9 Å². The molecule has 38 heavy (non-hydrogen) atoms. The fourth-order valence-electron chi connectivity index (χ4n) is 5.10. The number of rotatable bonds is 13. The van der Waals surface area contributed by atoms with Crippen molar-refractivity contribution in [3.63, 3.8) is 0 Å². The van der Waals surface area contributed by atoms with Gasteiger partial charge in [0.1, 0.15) is 17.4 Å². The van der Waals surface area contributed by atoms with Crippen molar-refractivity contribution in [2.24, 2.45) is 0 Å². The summed E-state index contributed by atoms with van der Waals surface area (Å²) in [4.78, 5) is 28.5. The van der Waals surface area contributed by atoms with Gasteiger partial charge in [-0.1, -0.05) is 49.7 Å². The van der Waals surface area contributed by atoms with Crippen molar-refractivity contribution >= 4 is 11.8 Å². The van der Waals surface area contributed by atoms with Crippen molar-refractivity contribution in [2.45, 2.75) is 63.6 Å². The lowest BCUT2D eigenvalue weighted by Gasteiger charge is -2.51. The highest BCUT2D eigenvalue weighted by atomic mass is 16.5. The van der Waals surface area contributed by atoms with E-state index in [9.17, 15) is 9.59 Å². The van der Waals surface area contributed by atoms with Crippen molar-refractivity contribution in [1.29, 1.82) is 0 Å². The summed E-state index contributed by atoms with van der Waals surface area (Å²) < 4.78 is 11.7. The molecule has 0 bridgehead atoms. The number of unbranched alkanes of at least 4 members (excludes halogenated alkanes) is 1. The fraction of sp³-hybridized carbons (Fsp3) is 0.517. The third-order valence-corrected chi connectivity index (χ3v) is 7.38. The largest absolute Gasteiger partial charge is 0.497 e. The van der Waals surface area contributed by atoms with E-state index in [1.165, 1.54) is 0 Å². The summed E-state index contributed by atoms with van der Waals surface area (Å²) in [6.07, 6.45) is 3.43. The molecule has 4 N–H and O–H groups in total. The highest BCUT2D eigenvalue weighted by Gasteiger charge is 2.49. The second kappa shape index (κ2) is 13.2. The summed E-state index contributed by atoms with van der Waals surface area (Å²) in [7, 11) is 1.62. The molecule has 4 rings (SSSR count). The SMILES string of the molecule is CCCCOC1(c2ccccc2C)CN(C(=O)[C@@H](Cc2ccc(OC)cc2)NC(=O)CCC2CNNN2)C1. The Morgan fingerprint density at radius 3 is 2.58 bits per heavy atom. The van der Waals surface area contributed by atoms with Gasteiger partial charge in [0.15, 0.2) is 0 Å². The van der Waals surface area contributed by atoms with Crippen LogP contribution in [0.1, 0.15) is 49.3 Å². The average Bonchev–Trinajstić information content (AvgIpc) is 3.43. The molecule has 2 amide bonds. The van der Waals surface area contributed by atoms with Crippen molar-refractivity contribution in [3.05, 3.63) is 65.2 Å². The minimum atomic E-state index is -0.658. The Kier molecular flexibility index (Phi) is 9.74. The first-order chi connectivity index (χ1) is 18.4. The van der Waals surface area contributed by atoms with E-state index in [2.05, 4.69) is 47.7 Å². The molecule has 0 radical (unpaired) electrons. The predicted molar refractivity (Wildman–Crippen MR) is 146 cm³/mol. The maximum atomic E-state index is 13.8. The minimum absolute atomic E-state index is 0.0835. The molecule has 2 aliphatic rings. The summed E-state index contributed by atoms with van der Waals surface area (Å²) in [6.45, 7) is 6.56. The summed E-state index contributed by atoms with van der Waals surface area (Å²) in [5.41, 5.74) is 11.7. The van der Waals surface area contributed by atoms with Gasteiger partial charge in [-0.15, -0.1) is 0 Å². The van der Waals surface area contributed by atoms with Crippen LogP contribution in [0.2, 0.25) is 0 Å². The number of carbonyl (C=O) groups is 2. The van der Waals surface area contributed by atoms with E-state index in [0.717, 1.165) is 41.8 Å². The third kappa shape index (κ3) is 6.91. The Balaban J connectivity index is 1.46. The first kappa shape index (κ1) is 28.0. The van der Waals surface area contributed by atoms with Gasteiger partial charge >= 0.3 is 0 Å². The van der Waals surface area contributed by atoms with Gasteiger partial charge in [0.2, 0.25) is 11.8 Å². The molecule has 9 heteroatoms. The van der Waals surface area contributed by atoms with Crippen LogP contribution in [-0.2, 0) is 26.3 Å². The molecule has 1 unspecified atom stereocenters. The Bertz CT molecular complexity index is 1060. The van der Waals surface area contributed by atoms with Crippen LogP contribution in [0.15, 0.2) is 48.5 Å². The molecule has 206 valence electrons. The third-order valence-electron chi connectivity index (χ3n) is 7.38. The molecule has 2 heterocycles. The second-order valence-electron chi connectivity index (χ2n) is 10.3. The van der Waals surface area contributed by atoms with Gasteiger partial charge in [-0.25, -0.2) is 10.9 Å². The Morgan fingerprint density at radius 1 is 1.16 bits per heavy atom. The molecule has 2 fully saturated rings. The first-order valence-corrected chi connectivity index (χ1v) is 13.6. The van der Waals surface area contributed by atoms with E-state index in [4.69, 9.17) is 9.47 Å². The standard InChI is InChI=1S/C29H41N5O4/c1-4-5-16-38-29(25-9-7-6-8-21(25)2)19-34(20-29)28(36)26(17-22-10-13-24(37-3)14-11-22)31-27(35)15-12-23-18-30-33-32-23/h6-11,13-14,23,26,30,32-33H,4-5,12,15-20H2,1-3H3,(H,31,35)/t23?,26-/m1/s1. The molecular formula is C29H41N5O4. The highest BCUT2D eigenvalue weighted by molar-refractivity contribution is 5.88. The van der Waals surface area contributed by atoms with Crippen LogP contribution in [-0.4, -0.2) is 62.1 Å². The summed E-state index contributed by atoms with van der Waals surface area (Å²) >= 11 is 0. The predicted octanol–water partition coefficient (Wildman–Crippen LogP) is 2.35. The Labute approximate surface area is 225 Å². The van der Waals surface area contributed by atoms with Crippen LogP contribution in [0.4, 0.5) is 0 Å². The number of nitrogens with zero attached hydrogens (tertiary/aromatic N) is 1. The van der Waals surface area contributed by atoms with Crippen LogP contribution in [0.5, 0.6) is 5.75 Å². The summed E-state index contributed by atoms with van der Waals surface area (Å²) in [5.74, 6) is 0.539. The number of carbonyl (C=O) groups excluding carboxylic acids is 2. The maximum Gasteiger partial charge on any atom is 0.245 e. The highest BCUT2D eigenvalue weighted by Crippen LogP contribution is 2.38. The number of nitrogens with one attached hydrogen (secondary N) is 4. The molecule has 2 saturated heterocycles. The monoisotopic (exact) mass is 523 g/mol. The molecule has 2 aromatic rings. The van der Waals surface area contributed by atoms with Crippen LogP contribution in [0, 0.1) is 6.92 Å². The number of ether oxygens (including phenoxy) is 2. The van der Waals surface area contributed by atoms with Crippen LogP contribution < -0.4 is 26.4 Å². The number of benzene rings is 2. The number of hydrogen-bond acceptors (Lipinski definition) is 7. The lowest BCUT2D eigenvalue weighted by atomic mass is 9.82. The number of amides is 2. The summed E-state index contributed by atoms with van der Waals surface area (Å²) in [6, 6.07) is 15.4. The minimum Gasteiger partial charge on any atom is -0.497 e. The number of aryl methyl sites for hydroxylation is 1. The van der Waals surface area contributed by atoms with Gasteiger partial charge < -0.3 is 19.7 Å². The van der Waals surface area contributed by atoms with Crippen molar-refractivity contribution in [3.8, 4) is 5.75 Å². The number of hydrazine groups is 2. The van der Waals surface area contributed by atoms with Gasteiger partial charge in [0.25, 0.3) is 0 Å². The van der Waals surface area contributed by atoms with Gasteiger partial charge in [-0.05, 0) is 48.6 Å². The molecule has 0 spiro atoms. The van der Waals surface area contributed by atoms with E-state index in [1.54, 1.807) is 7.11 Å². The normalized spacial score (nSPS) is 19.0. The van der Waals surface area contributed by atoms with E-state index >= 15 is 0 Å². The molecule has 9 nitrogen and oxygen atoms in total. The molecule has 2 aromatic carbocycles. The molecule has 2 aliphatic heterocycles. The van der Waals surface area contributed by atoms with Crippen molar-refractivity contribution in [2.75, 3.05) is 33.4 Å². The van der Waals surface area contributed by atoms with Gasteiger partial charge in [0.05, 0.1) is 20.2 Å². The molecule has 0 aromatic heterocycles. The van der Waals surface area contributed by atoms with Gasteiger partial charge in [0, 0.05) is 32.0 Å². The fourth-order valence-corrected chi connectivity index (χ4v) is 5.10. The molecule has 0 saturated carbocycles. The first-order valence-electron chi connectivity index (χ1n) is 13.6. The lowest BCUT2D eigenvalue weighted by Crippen LogP contribution is -2.66. The number of methoxy groups -OCH3 is 1.